The van der Waals surface area contributed by atoms with Gasteiger partial charge in [-0.2, -0.15) is 5.10 Å². The summed E-state index contributed by atoms with van der Waals surface area (Å²) in [4.78, 5) is 11.0. The molecule has 0 aliphatic carbocycles. The van der Waals surface area contributed by atoms with E-state index in [9.17, 15) is 4.79 Å². The maximum atomic E-state index is 11.0. The number of amides is 1. The van der Waals surface area contributed by atoms with Crippen molar-refractivity contribution >= 4 is 11.7 Å². The lowest BCUT2D eigenvalue weighted by molar-refractivity contribution is -0.119. The molecule has 15 heavy (non-hydrogen) atoms. The number of rotatable bonds is 3. The molecule has 1 amide bonds. The van der Waals surface area contributed by atoms with Crippen molar-refractivity contribution in [2.75, 3.05) is 11.9 Å². The maximum absolute atomic E-state index is 11.0. The van der Waals surface area contributed by atoms with Crippen LogP contribution in [0.5, 0.6) is 0 Å². The number of carbonyl (C=O) groups excluding carboxylic acids is 1. The van der Waals surface area contributed by atoms with E-state index in [1.54, 1.807) is 6.20 Å². The Morgan fingerprint density at radius 1 is 1.67 bits per heavy atom. The Morgan fingerprint density at radius 3 is 3.20 bits per heavy atom. The molecule has 80 valence electrons. The molecule has 1 aromatic rings. The van der Waals surface area contributed by atoms with Gasteiger partial charge < -0.3 is 10.6 Å². The Balaban J connectivity index is 1.85. The highest BCUT2D eigenvalue weighted by atomic mass is 16.1. The molecular formula is C10H14N4O. The van der Waals surface area contributed by atoms with Gasteiger partial charge in [0, 0.05) is 19.0 Å². The number of nitrogens with zero attached hydrogens (tertiary/aromatic N) is 2. The highest BCUT2D eigenvalue weighted by molar-refractivity contribution is 5.78. The van der Waals surface area contributed by atoms with Crippen LogP contribution in [0.2, 0.25) is 0 Å². The van der Waals surface area contributed by atoms with E-state index < -0.39 is 0 Å². The molecule has 0 spiro atoms. The first-order chi connectivity index (χ1) is 7.24. The molecule has 5 heteroatoms. The van der Waals surface area contributed by atoms with Crippen LogP contribution in [-0.2, 0) is 4.79 Å². The number of aryl methyl sites for hydroxylation is 1. The molecule has 0 radical (unpaired) electrons. The highest BCUT2D eigenvalue weighted by Crippen LogP contribution is 2.08. The zero-order chi connectivity index (χ0) is 10.7. The van der Waals surface area contributed by atoms with Crippen LogP contribution in [0.25, 0.3) is 0 Å². The van der Waals surface area contributed by atoms with Gasteiger partial charge in [-0.15, -0.1) is 5.10 Å². The fraction of sp³-hybridized carbons (Fsp3) is 0.500. The minimum atomic E-state index is 0.136. The van der Waals surface area contributed by atoms with Gasteiger partial charge in [0.1, 0.15) is 5.82 Å². The van der Waals surface area contributed by atoms with Crippen LogP contribution in [0.3, 0.4) is 0 Å². The van der Waals surface area contributed by atoms with Crippen molar-refractivity contribution in [3.63, 3.8) is 0 Å². The Kier molecular flexibility index (Phi) is 2.80. The van der Waals surface area contributed by atoms with Gasteiger partial charge in [-0.05, 0) is 25.0 Å². The fourth-order valence-electron chi connectivity index (χ4n) is 1.61. The van der Waals surface area contributed by atoms with Gasteiger partial charge in [0.2, 0.25) is 5.91 Å². The van der Waals surface area contributed by atoms with Crippen LogP contribution in [0.4, 0.5) is 5.82 Å². The Hall–Kier alpha value is -1.65. The summed E-state index contributed by atoms with van der Waals surface area (Å²) in [5.41, 5.74) is 1.07. The monoisotopic (exact) mass is 206 g/mol. The molecular weight excluding hydrogens is 192 g/mol. The van der Waals surface area contributed by atoms with Crippen molar-refractivity contribution in [3.8, 4) is 0 Å². The number of hydrogen-bond acceptors (Lipinski definition) is 4. The first-order valence-electron chi connectivity index (χ1n) is 5.06. The van der Waals surface area contributed by atoms with Crippen LogP contribution in [0.15, 0.2) is 12.3 Å². The van der Waals surface area contributed by atoms with Gasteiger partial charge in [0.15, 0.2) is 0 Å². The first-order valence-corrected chi connectivity index (χ1v) is 5.06. The minimum Gasteiger partial charge on any atom is -0.367 e. The van der Waals surface area contributed by atoms with Crippen LogP contribution in [0, 0.1) is 6.92 Å². The number of nitrogens with one attached hydrogen (secondary N) is 2. The number of aromatic nitrogens is 2. The Morgan fingerprint density at radius 2 is 2.53 bits per heavy atom. The van der Waals surface area contributed by atoms with Crippen molar-refractivity contribution in [1.82, 2.24) is 15.5 Å². The molecule has 1 saturated heterocycles. The lowest BCUT2D eigenvalue weighted by atomic mass is 10.2. The van der Waals surface area contributed by atoms with Gasteiger partial charge in [0.05, 0.1) is 6.20 Å². The molecule has 1 unspecified atom stereocenters. The van der Waals surface area contributed by atoms with Crippen molar-refractivity contribution in [3.05, 3.63) is 17.8 Å². The molecule has 1 atom stereocenters. The van der Waals surface area contributed by atoms with Crippen LogP contribution in [-0.4, -0.2) is 28.7 Å². The summed E-state index contributed by atoms with van der Waals surface area (Å²) in [5.74, 6) is 0.897. The molecule has 0 saturated carbocycles. The summed E-state index contributed by atoms with van der Waals surface area (Å²) < 4.78 is 0. The summed E-state index contributed by atoms with van der Waals surface area (Å²) in [6.45, 7) is 2.68. The zero-order valence-corrected chi connectivity index (χ0v) is 8.66. The third-order valence-electron chi connectivity index (χ3n) is 2.41. The van der Waals surface area contributed by atoms with Crippen molar-refractivity contribution in [1.29, 1.82) is 0 Å². The summed E-state index contributed by atoms with van der Waals surface area (Å²) in [6, 6.07) is 2.16. The Labute approximate surface area is 88.3 Å². The predicted octanol–water partition coefficient (Wildman–Crippen LogP) is 0.476. The van der Waals surface area contributed by atoms with E-state index in [0.29, 0.717) is 13.0 Å². The standard InChI is InChI=1S/C10H14N4O/c1-7-4-9(14-12-5-7)11-6-8-2-3-10(15)13-8/h4-5,8H,2-3,6H2,1H3,(H,11,14)(H,13,15). The average molecular weight is 206 g/mol. The van der Waals surface area contributed by atoms with E-state index in [-0.39, 0.29) is 11.9 Å². The zero-order valence-electron chi connectivity index (χ0n) is 8.66. The van der Waals surface area contributed by atoms with E-state index in [0.717, 1.165) is 17.8 Å². The van der Waals surface area contributed by atoms with E-state index in [1.165, 1.54) is 0 Å². The van der Waals surface area contributed by atoms with Crippen molar-refractivity contribution in [2.45, 2.75) is 25.8 Å². The molecule has 1 aromatic heterocycles. The average Bonchev–Trinajstić information content (AvgIpc) is 2.62. The largest absolute Gasteiger partial charge is 0.367 e. The molecule has 2 N–H and O–H groups in total. The number of anilines is 1. The minimum absolute atomic E-state index is 0.136. The molecule has 2 heterocycles. The Bertz CT molecular complexity index is 366. The van der Waals surface area contributed by atoms with E-state index >= 15 is 0 Å². The van der Waals surface area contributed by atoms with Gasteiger partial charge >= 0.3 is 0 Å². The first kappa shape index (κ1) is 9.89. The second kappa shape index (κ2) is 4.25. The quantitative estimate of drug-likeness (QED) is 0.754. The topological polar surface area (TPSA) is 66.9 Å². The molecule has 5 nitrogen and oxygen atoms in total. The van der Waals surface area contributed by atoms with Gasteiger partial charge in [0.25, 0.3) is 0 Å². The van der Waals surface area contributed by atoms with Crippen molar-refractivity contribution < 1.29 is 4.79 Å². The molecule has 1 aliphatic heterocycles. The number of hydrogen-bond donors (Lipinski definition) is 2. The second-order valence-corrected chi connectivity index (χ2v) is 3.80. The van der Waals surface area contributed by atoms with Crippen LogP contribution in [0.1, 0.15) is 18.4 Å². The van der Waals surface area contributed by atoms with E-state index in [2.05, 4.69) is 20.8 Å². The number of carbonyl (C=O) groups is 1. The molecule has 1 aliphatic rings. The molecule has 2 rings (SSSR count). The normalized spacial score (nSPS) is 20.1. The third kappa shape index (κ3) is 2.65. The second-order valence-electron chi connectivity index (χ2n) is 3.80. The van der Waals surface area contributed by atoms with Gasteiger partial charge in [-0.3, -0.25) is 4.79 Å². The molecule has 0 bridgehead atoms. The third-order valence-corrected chi connectivity index (χ3v) is 2.41. The highest BCUT2D eigenvalue weighted by Gasteiger charge is 2.20. The van der Waals surface area contributed by atoms with Crippen LogP contribution >= 0.6 is 0 Å². The van der Waals surface area contributed by atoms with E-state index in [4.69, 9.17) is 0 Å². The van der Waals surface area contributed by atoms with E-state index in [1.807, 2.05) is 13.0 Å². The summed E-state index contributed by atoms with van der Waals surface area (Å²) >= 11 is 0. The van der Waals surface area contributed by atoms with Gasteiger partial charge in [-0.1, -0.05) is 0 Å². The summed E-state index contributed by atoms with van der Waals surface area (Å²) in [6.07, 6.45) is 3.24. The lowest BCUT2D eigenvalue weighted by Gasteiger charge is -2.11. The predicted molar refractivity (Wildman–Crippen MR) is 56.4 cm³/mol. The fourth-order valence-corrected chi connectivity index (χ4v) is 1.61. The summed E-state index contributed by atoms with van der Waals surface area (Å²) in [7, 11) is 0. The lowest BCUT2D eigenvalue weighted by Crippen LogP contribution is -2.32. The SMILES string of the molecule is Cc1cnnc(NCC2CCC(=O)N2)c1. The molecule has 0 aromatic carbocycles. The van der Waals surface area contributed by atoms with Gasteiger partial charge in [-0.25, -0.2) is 0 Å². The smallest absolute Gasteiger partial charge is 0.220 e. The molecule has 1 fully saturated rings. The summed E-state index contributed by atoms with van der Waals surface area (Å²) in [5, 5.41) is 13.8. The maximum Gasteiger partial charge on any atom is 0.220 e. The van der Waals surface area contributed by atoms with Crippen LogP contribution < -0.4 is 10.6 Å². The van der Waals surface area contributed by atoms with Crippen molar-refractivity contribution in [2.24, 2.45) is 0 Å².